The third-order valence-corrected chi connectivity index (χ3v) is 5.58. The molecular formula is C21H20F2N4O2S. The van der Waals surface area contributed by atoms with Gasteiger partial charge in [0.1, 0.15) is 6.54 Å². The van der Waals surface area contributed by atoms with Gasteiger partial charge in [-0.1, -0.05) is 18.2 Å². The number of fused-ring (bicyclic) bond motifs is 1. The van der Waals surface area contributed by atoms with E-state index in [1.165, 1.54) is 4.57 Å². The van der Waals surface area contributed by atoms with Gasteiger partial charge >= 0.3 is 0 Å². The first-order chi connectivity index (χ1) is 14.5. The molecule has 1 saturated heterocycles. The molecule has 2 amide bonds. The van der Waals surface area contributed by atoms with Gasteiger partial charge in [0.15, 0.2) is 5.16 Å². The molecule has 1 fully saturated rings. The topological polar surface area (TPSA) is 67.2 Å². The lowest BCUT2D eigenvalue weighted by Gasteiger charge is -2.27. The fourth-order valence-electron chi connectivity index (χ4n) is 3.55. The number of hydrogen-bond donors (Lipinski definition) is 1. The second-order valence-electron chi connectivity index (χ2n) is 6.95. The summed E-state index contributed by atoms with van der Waals surface area (Å²) >= 11 is 0.315. The molecule has 4 rings (SSSR count). The third-order valence-electron chi connectivity index (χ3n) is 4.88. The van der Waals surface area contributed by atoms with Crippen LogP contribution in [0, 0.1) is 0 Å². The summed E-state index contributed by atoms with van der Waals surface area (Å²) < 4.78 is 27.4. The Morgan fingerprint density at radius 3 is 2.80 bits per heavy atom. The minimum Gasteiger partial charge on any atom is -0.324 e. The molecule has 1 aromatic heterocycles. The van der Waals surface area contributed by atoms with E-state index in [-0.39, 0.29) is 23.5 Å². The normalized spacial score (nSPS) is 14.5. The number of nitrogens with one attached hydrogen (secondary N) is 1. The first-order valence-corrected chi connectivity index (χ1v) is 10.5. The first-order valence-electron chi connectivity index (χ1n) is 9.61. The fraction of sp³-hybridized carbons (Fsp3) is 0.286. The number of nitrogens with zero attached hydrogens (tertiary/aromatic N) is 3. The summed E-state index contributed by atoms with van der Waals surface area (Å²) in [6.45, 7) is 0.508. The second-order valence-corrected chi connectivity index (χ2v) is 7.91. The van der Waals surface area contributed by atoms with Crippen LogP contribution in [0.1, 0.15) is 19.3 Å². The average molecular weight is 430 g/mol. The minimum absolute atomic E-state index is 0.0725. The van der Waals surface area contributed by atoms with E-state index in [4.69, 9.17) is 0 Å². The highest BCUT2D eigenvalue weighted by molar-refractivity contribution is 7.99. The maximum atomic E-state index is 12.9. The number of piperidine rings is 1. The maximum Gasteiger partial charge on any atom is 0.291 e. The number of thioether (sulfide) groups is 1. The zero-order chi connectivity index (χ0) is 21.1. The van der Waals surface area contributed by atoms with E-state index in [1.54, 1.807) is 47.4 Å². The van der Waals surface area contributed by atoms with Gasteiger partial charge in [0, 0.05) is 24.3 Å². The highest BCUT2D eigenvalue weighted by Crippen LogP contribution is 2.29. The largest absolute Gasteiger partial charge is 0.324 e. The van der Waals surface area contributed by atoms with Crippen LogP contribution >= 0.6 is 11.8 Å². The van der Waals surface area contributed by atoms with E-state index in [2.05, 4.69) is 10.3 Å². The second kappa shape index (κ2) is 8.83. The molecule has 30 heavy (non-hydrogen) atoms. The van der Waals surface area contributed by atoms with Crippen LogP contribution in [0.3, 0.4) is 0 Å². The molecule has 3 aromatic rings. The quantitative estimate of drug-likeness (QED) is 0.585. The molecule has 0 atom stereocenters. The van der Waals surface area contributed by atoms with E-state index in [9.17, 15) is 18.4 Å². The summed E-state index contributed by atoms with van der Waals surface area (Å²) in [7, 11) is 0. The van der Waals surface area contributed by atoms with Crippen molar-refractivity contribution >= 4 is 46.0 Å². The highest BCUT2D eigenvalue weighted by atomic mass is 32.2. The molecule has 1 aliphatic rings. The summed E-state index contributed by atoms with van der Waals surface area (Å²) in [6, 6.07) is 14.1. The van der Waals surface area contributed by atoms with Crippen molar-refractivity contribution in [1.29, 1.82) is 0 Å². The van der Waals surface area contributed by atoms with E-state index in [0.29, 0.717) is 41.4 Å². The van der Waals surface area contributed by atoms with E-state index < -0.39 is 5.76 Å². The van der Waals surface area contributed by atoms with Crippen LogP contribution in [0.25, 0.3) is 11.0 Å². The van der Waals surface area contributed by atoms with Crippen molar-refractivity contribution < 1.29 is 18.4 Å². The minimum atomic E-state index is -2.64. The van der Waals surface area contributed by atoms with Crippen LogP contribution in [0.2, 0.25) is 0 Å². The predicted molar refractivity (Wildman–Crippen MR) is 113 cm³/mol. The first kappa shape index (κ1) is 20.3. The van der Waals surface area contributed by atoms with E-state index >= 15 is 0 Å². The lowest BCUT2D eigenvalue weighted by Crippen LogP contribution is -2.35. The van der Waals surface area contributed by atoms with Crippen LogP contribution in [0.4, 0.5) is 20.2 Å². The van der Waals surface area contributed by atoms with Gasteiger partial charge in [-0.25, -0.2) is 4.98 Å². The molecule has 0 radical (unpaired) electrons. The lowest BCUT2D eigenvalue weighted by molar-refractivity contribution is -0.119. The van der Waals surface area contributed by atoms with Crippen LogP contribution in [0.5, 0.6) is 0 Å². The van der Waals surface area contributed by atoms with Gasteiger partial charge in [-0.3, -0.25) is 9.59 Å². The maximum absolute atomic E-state index is 12.9. The summed E-state index contributed by atoms with van der Waals surface area (Å²) in [6.07, 6.45) is 2.36. The molecular weight excluding hydrogens is 410 g/mol. The summed E-state index contributed by atoms with van der Waals surface area (Å²) in [5, 5.41) is 2.89. The summed E-state index contributed by atoms with van der Waals surface area (Å²) in [4.78, 5) is 30.8. The zero-order valence-corrected chi connectivity index (χ0v) is 16.9. The van der Waals surface area contributed by atoms with Crippen molar-refractivity contribution in [2.24, 2.45) is 0 Å². The number of para-hydroxylation sites is 2. The number of alkyl halides is 2. The number of benzene rings is 2. The van der Waals surface area contributed by atoms with Gasteiger partial charge in [0.25, 0.3) is 5.76 Å². The number of carbonyl (C=O) groups excluding carboxylic acids is 2. The van der Waals surface area contributed by atoms with Gasteiger partial charge < -0.3 is 14.8 Å². The number of anilines is 2. The van der Waals surface area contributed by atoms with Gasteiger partial charge in [0.05, 0.1) is 11.0 Å². The monoisotopic (exact) mass is 430 g/mol. The number of hydrogen-bond acceptors (Lipinski definition) is 4. The van der Waals surface area contributed by atoms with Crippen LogP contribution in [-0.4, -0.2) is 33.7 Å². The van der Waals surface area contributed by atoms with Crippen LogP contribution in [-0.2, 0) is 16.1 Å². The predicted octanol–water partition coefficient (Wildman–Crippen LogP) is 4.51. The van der Waals surface area contributed by atoms with Crippen molar-refractivity contribution in [3.8, 4) is 0 Å². The van der Waals surface area contributed by atoms with Crippen molar-refractivity contribution in [1.82, 2.24) is 9.55 Å². The van der Waals surface area contributed by atoms with Crippen molar-refractivity contribution in [3.63, 3.8) is 0 Å². The Kier molecular flexibility index (Phi) is 5.98. The molecule has 0 unspecified atom stereocenters. The zero-order valence-electron chi connectivity index (χ0n) is 16.1. The lowest BCUT2D eigenvalue weighted by atomic mass is 10.1. The number of amides is 2. The Labute approximate surface area is 176 Å². The number of aromatic nitrogens is 2. The third kappa shape index (κ3) is 4.46. The summed E-state index contributed by atoms with van der Waals surface area (Å²) in [5.74, 6) is -2.93. The molecule has 156 valence electrons. The SMILES string of the molecule is O=C(Cn1c(SC(F)F)nc2ccccc21)Nc1cccc(N2CCCCC2=O)c1. The van der Waals surface area contributed by atoms with Crippen molar-refractivity contribution in [3.05, 3.63) is 48.5 Å². The fourth-order valence-corrected chi connectivity index (χ4v) is 4.15. The smallest absolute Gasteiger partial charge is 0.291 e. The Hall–Kier alpha value is -2.94. The van der Waals surface area contributed by atoms with E-state index in [1.807, 2.05) is 6.07 Å². The molecule has 0 aliphatic carbocycles. The number of carbonyl (C=O) groups is 2. The molecule has 0 saturated carbocycles. The van der Waals surface area contributed by atoms with E-state index in [0.717, 1.165) is 18.5 Å². The van der Waals surface area contributed by atoms with Gasteiger partial charge in [-0.2, -0.15) is 8.78 Å². The molecule has 1 N–H and O–H groups in total. The molecule has 6 nitrogen and oxygen atoms in total. The standard InChI is InChI=1S/C21H20F2N4O2S/c22-20(23)30-21-25-16-8-1-2-9-17(16)27(21)13-18(28)24-14-6-5-7-15(12-14)26-11-4-3-10-19(26)29/h1-2,5-9,12,20H,3-4,10-11,13H2,(H,24,28). The highest BCUT2D eigenvalue weighted by Gasteiger charge is 2.21. The molecule has 0 bridgehead atoms. The van der Waals surface area contributed by atoms with Gasteiger partial charge in [0.2, 0.25) is 11.8 Å². The number of rotatable bonds is 6. The summed E-state index contributed by atoms with van der Waals surface area (Å²) in [5.41, 5.74) is 2.45. The van der Waals surface area contributed by atoms with Gasteiger partial charge in [-0.05, 0) is 54.9 Å². The molecule has 2 heterocycles. The Morgan fingerprint density at radius 1 is 1.17 bits per heavy atom. The van der Waals surface area contributed by atoms with Crippen LogP contribution in [0.15, 0.2) is 53.7 Å². The van der Waals surface area contributed by atoms with Crippen molar-refractivity contribution in [2.75, 3.05) is 16.8 Å². The average Bonchev–Trinajstić information content (AvgIpc) is 3.05. The Balaban J connectivity index is 1.53. The number of imidazole rings is 1. The Bertz CT molecular complexity index is 1090. The van der Waals surface area contributed by atoms with Gasteiger partial charge in [-0.15, -0.1) is 0 Å². The van der Waals surface area contributed by atoms with Crippen molar-refractivity contribution in [2.45, 2.75) is 36.7 Å². The molecule has 2 aromatic carbocycles. The molecule has 9 heteroatoms. The molecule has 1 aliphatic heterocycles. The Morgan fingerprint density at radius 2 is 2.00 bits per heavy atom. The number of halogens is 2. The van der Waals surface area contributed by atoms with Crippen LogP contribution < -0.4 is 10.2 Å². The molecule has 0 spiro atoms.